The van der Waals surface area contributed by atoms with Crippen LogP contribution in [0.15, 0.2) is 24.3 Å². The molecule has 1 aromatic carbocycles. The molecule has 1 saturated heterocycles. The molecule has 0 radical (unpaired) electrons. The molecule has 1 amide bonds. The van der Waals surface area contributed by atoms with E-state index >= 15 is 0 Å². The number of carbonyl (C=O) groups excluding carboxylic acids is 1. The van der Waals surface area contributed by atoms with Crippen molar-refractivity contribution in [2.24, 2.45) is 0 Å². The number of carboxylic acid groups (broad SMARTS) is 1. The molecule has 23 heavy (non-hydrogen) atoms. The van der Waals surface area contributed by atoms with E-state index in [1.807, 2.05) is 17.0 Å². The van der Waals surface area contributed by atoms with E-state index < -0.39 is 12.0 Å². The Morgan fingerprint density at radius 2 is 2.04 bits per heavy atom. The second kappa shape index (κ2) is 7.13. The third-order valence-corrected chi connectivity index (χ3v) is 4.98. The molecular formula is C18H24N2O3. The molecule has 3 rings (SSSR count). The van der Waals surface area contributed by atoms with Crippen molar-refractivity contribution in [3.8, 4) is 0 Å². The minimum absolute atomic E-state index is 0.0164. The number of benzene rings is 1. The lowest BCUT2D eigenvalue weighted by atomic mass is 9.87. The lowest BCUT2D eigenvalue weighted by molar-refractivity contribution is -0.142. The number of hydrogen-bond donors (Lipinski definition) is 2. The first-order chi connectivity index (χ1) is 11.1. The standard InChI is InChI=1S/C18H24N2O3/c21-17(10-12-20-11-4-9-16(20)18(22)23)19-15-8-3-6-13-5-1-2-7-14(13)15/h1-2,5,7,15-16H,3-4,6,8-12H2,(H,19,21)(H,22,23)/t15-,16-/m1/s1. The number of nitrogens with zero attached hydrogens (tertiary/aromatic N) is 1. The molecule has 5 heteroatoms. The Labute approximate surface area is 136 Å². The number of likely N-dealkylation sites (tertiary alicyclic amines) is 1. The van der Waals surface area contributed by atoms with Crippen LogP contribution in [-0.2, 0) is 16.0 Å². The lowest BCUT2D eigenvalue weighted by Gasteiger charge is -2.27. The van der Waals surface area contributed by atoms with E-state index in [4.69, 9.17) is 0 Å². The van der Waals surface area contributed by atoms with Crippen LogP contribution in [0.25, 0.3) is 0 Å². The average molecular weight is 316 g/mol. The third kappa shape index (κ3) is 3.72. The van der Waals surface area contributed by atoms with Crippen LogP contribution < -0.4 is 5.32 Å². The molecule has 1 aliphatic carbocycles. The van der Waals surface area contributed by atoms with Crippen LogP contribution in [0.1, 0.15) is 49.3 Å². The van der Waals surface area contributed by atoms with Gasteiger partial charge in [0.05, 0.1) is 6.04 Å². The van der Waals surface area contributed by atoms with Crippen molar-refractivity contribution >= 4 is 11.9 Å². The summed E-state index contributed by atoms with van der Waals surface area (Å²) in [6.07, 6.45) is 5.10. The summed E-state index contributed by atoms with van der Waals surface area (Å²) < 4.78 is 0. The summed E-state index contributed by atoms with van der Waals surface area (Å²) in [6, 6.07) is 7.97. The fourth-order valence-corrected chi connectivity index (χ4v) is 3.79. The van der Waals surface area contributed by atoms with Crippen LogP contribution in [-0.4, -0.2) is 41.0 Å². The molecule has 0 unspecified atom stereocenters. The van der Waals surface area contributed by atoms with Crippen molar-refractivity contribution in [1.29, 1.82) is 0 Å². The maximum atomic E-state index is 12.3. The van der Waals surface area contributed by atoms with Crippen LogP contribution in [0.3, 0.4) is 0 Å². The summed E-state index contributed by atoms with van der Waals surface area (Å²) in [5.41, 5.74) is 2.56. The van der Waals surface area contributed by atoms with Gasteiger partial charge in [-0.1, -0.05) is 24.3 Å². The minimum Gasteiger partial charge on any atom is -0.480 e. The molecule has 0 bridgehead atoms. The second-order valence-corrected chi connectivity index (χ2v) is 6.49. The number of aliphatic carboxylic acids is 1. The SMILES string of the molecule is O=C(CCN1CCC[C@@H]1C(=O)O)N[C@@H]1CCCc2ccccc21. The van der Waals surface area contributed by atoms with E-state index in [0.29, 0.717) is 19.4 Å². The summed E-state index contributed by atoms with van der Waals surface area (Å²) in [7, 11) is 0. The van der Waals surface area contributed by atoms with Crippen molar-refractivity contribution in [3.05, 3.63) is 35.4 Å². The minimum atomic E-state index is -0.774. The van der Waals surface area contributed by atoms with Crippen molar-refractivity contribution in [3.63, 3.8) is 0 Å². The van der Waals surface area contributed by atoms with E-state index in [9.17, 15) is 14.7 Å². The Morgan fingerprint density at radius 1 is 1.22 bits per heavy atom. The molecule has 0 spiro atoms. The highest BCUT2D eigenvalue weighted by Gasteiger charge is 2.30. The predicted octanol–water partition coefficient (Wildman–Crippen LogP) is 2.12. The molecule has 2 atom stereocenters. The van der Waals surface area contributed by atoms with Crippen LogP contribution in [0, 0.1) is 0 Å². The number of rotatable bonds is 5. The normalized spacial score (nSPS) is 24.2. The first-order valence-corrected chi connectivity index (χ1v) is 8.49. The molecule has 0 aromatic heterocycles. The van der Waals surface area contributed by atoms with Gasteiger partial charge in [0.25, 0.3) is 0 Å². The number of amides is 1. The van der Waals surface area contributed by atoms with Gasteiger partial charge >= 0.3 is 5.97 Å². The maximum absolute atomic E-state index is 12.3. The quantitative estimate of drug-likeness (QED) is 0.873. The number of nitrogens with one attached hydrogen (secondary N) is 1. The molecule has 1 aliphatic heterocycles. The lowest BCUT2D eigenvalue weighted by Crippen LogP contribution is -2.39. The van der Waals surface area contributed by atoms with Crippen molar-refractivity contribution in [2.45, 2.75) is 50.6 Å². The van der Waals surface area contributed by atoms with Crippen molar-refractivity contribution in [1.82, 2.24) is 10.2 Å². The Bertz CT molecular complexity index is 587. The van der Waals surface area contributed by atoms with Gasteiger partial charge in [0.2, 0.25) is 5.91 Å². The highest BCUT2D eigenvalue weighted by molar-refractivity contribution is 5.77. The first-order valence-electron chi connectivity index (χ1n) is 8.49. The third-order valence-electron chi connectivity index (χ3n) is 4.98. The molecule has 2 N–H and O–H groups in total. The smallest absolute Gasteiger partial charge is 0.320 e. The molecule has 1 heterocycles. The fourth-order valence-electron chi connectivity index (χ4n) is 3.79. The average Bonchev–Trinajstić information content (AvgIpc) is 3.02. The van der Waals surface area contributed by atoms with Gasteiger partial charge in [-0.05, 0) is 49.8 Å². The maximum Gasteiger partial charge on any atom is 0.320 e. The predicted molar refractivity (Wildman–Crippen MR) is 87.1 cm³/mol. The van der Waals surface area contributed by atoms with Crippen molar-refractivity contribution in [2.75, 3.05) is 13.1 Å². The number of carbonyl (C=O) groups is 2. The summed E-state index contributed by atoms with van der Waals surface area (Å²) in [6.45, 7) is 1.30. The highest BCUT2D eigenvalue weighted by atomic mass is 16.4. The zero-order valence-electron chi connectivity index (χ0n) is 13.3. The first kappa shape index (κ1) is 16.0. The van der Waals surface area contributed by atoms with Gasteiger partial charge in [-0.25, -0.2) is 0 Å². The van der Waals surface area contributed by atoms with Crippen molar-refractivity contribution < 1.29 is 14.7 Å². The van der Waals surface area contributed by atoms with Crippen LogP contribution in [0.5, 0.6) is 0 Å². The number of hydrogen-bond acceptors (Lipinski definition) is 3. The van der Waals surface area contributed by atoms with E-state index in [-0.39, 0.29) is 11.9 Å². The topological polar surface area (TPSA) is 69.6 Å². The fraction of sp³-hybridized carbons (Fsp3) is 0.556. The Morgan fingerprint density at radius 3 is 2.87 bits per heavy atom. The number of carboxylic acids is 1. The van der Waals surface area contributed by atoms with Crippen LogP contribution >= 0.6 is 0 Å². The van der Waals surface area contributed by atoms with Gasteiger partial charge < -0.3 is 10.4 Å². The molecular weight excluding hydrogens is 292 g/mol. The molecule has 5 nitrogen and oxygen atoms in total. The Kier molecular flexibility index (Phi) is 4.96. The summed E-state index contributed by atoms with van der Waals surface area (Å²) in [5, 5.41) is 12.3. The Balaban J connectivity index is 1.53. The molecule has 1 aromatic rings. The largest absolute Gasteiger partial charge is 0.480 e. The number of fused-ring (bicyclic) bond motifs is 1. The molecule has 2 aliphatic rings. The zero-order valence-corrected chi connectivity index (χ0v) is 13.3. The second-order valence-electron chi connectivity index (χ2n) is 6.49. The monoisotopic (exact) mass is 316 g/mol. The van der Waals surface area contributed by atoms with Crippen LogP contribution in [0.4, 0.5) is 0 Å². The van der Waals surface area contributed by atoms with Gasteiger partial charge in [0, 0.05) is 13.0 Å². The summed E-state index contributed by atoms with van der Waals surface area (Å²) >= 11 is 0. The van der Waals surface area contributed by atoms with Gasteiger partial charge in [-0.15, -0.1) is 0 Å². The summed E-state index contributed by atoms with van der Waals surface area (Å²) in [4.78, 5) is 25.4. The van der Waals surface area contributed by atoms with Crippen LogP contribution in [0.2, 0.25) is 0 Å². The molecule has 1 fully saturated rings. The molecule has 124 valence electrons. The van der Waals surface area contributed by atoms with Gasteiger partial charge in [0.15, 0.2) is 0 Å². The summed E-state index contributed by atoms with van der Waals surface area (Å²) in [5.74, 6) is -0.758. The zero-order chi connectivity index (χ0) is 16.2. The van der Waals surface area contributed by atoms with E-state index in [2.05, 4.69) is 17.4 Å². The molecule has 0 saturated carbocycles. The van der Waals surface area contributed by atoms with Gasteiger partial charge in [-0.2, -0.15) is 0 Å². The van der Waals surface area contributed by atoms with Gasteiger partial charge in [-0.3, -0.25) is 14.5 Å². The van der Waals surface area contributed by atoms with E-state index in [1.54, 1.807) is 0 Å². The number of aryl methyl sites for hydroxylation is 1. The van der Waals surface area contributed by atoms with E-state index in [1.165, 1.54) is 11.1 Å². The Hall–Kier alpha value is -1.88. The van der Waals surface area contributed by atoms with E-state index in [0.717, 1.165) is 32.2 Å². The van der Waals surface area contributed by atoms with Gasteiger partial charge in [0.1, 0.15) is 6.04 Å². The highest BCUT2D eigenvalue weighted by Crippen LogP contribution is 2.29.